The second-order valence-corrected chi connectivity index (χ2v) is 9.15. The maximum Gasteiger partial charge on any atom is 0.251 e. The van der Waals surface area contributed by atoms with Gasteiger partial charge >= 0.3 is 0 Å². The molecule has 1 heterocycles. The van der Waals surface area contributed by atoms with E-state index in [0.29, 0.717) is 33.4 Å². The minimum Gasteiger partial charge on any atom is -0.348 e. The maximum atomic E-state index is 12.4. The van der Waals surface area contributed by atoms with Crippen molar-refractivity contribution in [3.05, 3.63) is 93.7 Å². The number of sulfonamides is 1. The molecule has 0 aliphatic heterocycles. The van der Waals surface area contributed by atoms with Crippen LogP contribution in [-0.4, -0.2) is 25.1 Å². The van der Waals surface area contributed by atoms with Gasteiger partial charge in [-0.15, -0.1) is 0 Å². The van der Waals surface area contributed by atoms with Gasteiger partial charge in [-0.1, -0.05) is 35.3 Å². The number of benzene rings is 2. The van der Waals surface area contributed by atoms with Gasteiger partial charge in [-0.2, -0.15) is 0 Å². The summed E-state index contributed by atoms with van der Waals surface area (Å²) in [6, 6.07) is 14.9. The van der Waals surface area contributed by atoms with Gasteiger partial charge in [0.15, 0.2) is 0 Å². The third-order valence-electron chi connectivity index (χ3n) is 4.28. The number of aromatic nitrogens is 1. The van der Waals surface area contributed by atoms with Crippen molar-refractivity contribution in [2.75, 3.05) is 10.5 Å². The van der Waals surface area contributed by atoms with Crippen LogP contribution in [0.3, 0.4) is 0 Å². The quantitative estimate of drug-likeness (QED) is 0.520. The van der Waals surface area contributed by atoms with Crippen molar-refractivity contribution >= 4 is 44.8 Å². The average Bonchev–Trinajstić information content (AvgIpc) is 2.72. The molecule has 0 unspecified atom stereocenters. The van der Waals surface area contributed by atoms with Crippen LogP contribution >= 0.6 is 23.2 Å². The van der Waals surface area contributed by atoms with Crippen molar-refractivity contribution in [1.82, 2.24) is 10.3 Å². The summed E-state index contributed by atoms with van der Waals surface area (Å²) in [4.78, 5) is 16.2. The molecule has 0 saturated carbocycles. The molecule has 156 valence electrons. The number of amides is 1. The van der Waals surface area contributed by atoms with E-state index in [2.05, 4.69) is 15.0 Å². The Labute approximate surface area is 185 Å². The molecule has 9 heteroatoms. The Balaban J connectivity index is 1.57. The Morgan fingerprint density at radius 1 is 0.967 bits per heavy atom. The second-order valence-electron chi connectivity index (χ2n) is 6.49. The van der Waals surface area contributed by atoms with Crippen molar-refractivity contribution in [3.63, 3.8) is 0 Å². The summed E-state index contributed by atoms with van der Waals surface area (Å²) in [7, 11) is -3.62. The van der Waals surface area contributed by atoms with Gasteiger partial charge in [0.05, 0.1) is 5.75 Å². The van der Waals surface area contributed by atoms with Gasteiger partial charge in [0, 0.05) is 40.2 Å². The van der Waals surface area contributed by atoms with Crippen LogP contribution in [0.25, 0.3) is 0 Å². The number of hydrogen-bond donors (Lipinski definition) is 2. The first kappa shape index (κ1) is 22.1. The van der Waals surface area contributed by atoms with Gasteiger partial charge in [0.1, 0.15) is 0 Å². The molecule has 0 fully saturated rings. The van der Waals surface area contributed by atoms with Crippen LogP contribution in [0.15, 0.2) is 67.0 Å². The van der Waals surface area contributed by atoms with Crippen molar-refractivity contribution in [1.29, 1.82) is 0 Å². The third-order valence-corrected chi connectivity index (χ3v) is 6.28. The van der Waals surface area contributed by atoms with E-state index in [-0.39, 0.29) is 18.1 Å². The molecule has 0 aliphatic rings. The predicted molar refractivity (Wildman–Crippen MR) is 119 cm³/mol. The van der Waals surface area contributed by atoms with Gasteiger partial charge in [-0.05, 0) is 60.0 Å². The molecule has 0 spiro atoms. The Hall–Kier alpha value is -2.61. The predicted octanol–water partition coefficient (Wildman–Crippen LogP) is 4.30. The highest BCUT2D eigenvalue weighted by Crippen LogP contribution is 2.25. The van der Waals surface area contributed by atoms with Crippen LogP contribution in [-0.2, 0) is 23.0 Å². The van der Waals surface area contributed by atoms with Crippen LogP contribution < -0.4 is 10.0 Å². The molecule has 1 aromatic heterocycles. The molecule has 3 aromatic rings. The normalized spacial score (nSPS) is 11.1. The van der Waals surface area contributed by atoms with Crippen LogP contribution in [0, 0.1) is 0 Å². The number of carbonyl (C=O) groups is 1. The zero-order valence-corrected chi connectivity index (χ0v) is 18.1. The summed E-state index contributed by atoms with van der Waals surface area (Å²) < 4.78 is 27.3. The van der Waals surface area contributed by atoms with Crippen LogP contribution in [0.5, 0.6) is 0 Å². The molecule has 0 aliphatic carbocycles. The first-order valence-corrected chi connectivity index (χ1v) is 11.5. The number of rotatable bonds is 8. The fraction of sp³-hybridized carbons (Fsp3) is 0.143. The lowest BCUT2D eigenvalue weighted by Gasteiger charge is -2.11. The van der Waals surface area contributed by atoms with E-state index in [1.165, 1.54) is 0 Å². The number of anilines is 1. The number of nitrogens with one attached hydrogen (secondary N) is 2. The summed E-state index contributed by atoms with van der Waals surface area (Å²) >= 11 is 12.2. The Morgan fingerprint density at radius 2 is 1.67 bits per heavy atom. The van der Waals surface area contributed by atoms with Crippen LogP contribution in [0.4, 0.5) is 5.69 Å². The van der Waals surface area contributed by atoms with E-state index < -0.39 is 10.0 Å². The van der Waals surface area contributed by atoms with Gasteiger partial charge in [-0.3, -0.25) is 14.5 Å². The van der Waals surface area contributed by atoms with Crippen molar-refractivity contribution < 1.29 is 13.2 Å². The summed E-state index contributed by atoms with van der Waals surface area (Å²) in [6.45, 7) is 0.353. The number of carbonyl (C=O) groups excluding carboxylic acids is 1. The summed E-state index contributed by atoms with van der Waals surface area (Å²) in [5.41, 5.74) is 2.26. The molecule has 0 bridgehead atoms. The molecule has 3 rings (SSSR count). The third kappa shape index (κ3) is 6.19. The Morgan fingerprint density at radius 3 is 2.30 bits per heavy atom. The highest BCUT2D eigenvalue weighted by atomic mass is 35.5. The molecule has 30 heavy (non-hydrogen) atoms. The molecule has 2 aromatic carbocycles. The average molecular weight is 464 g/mol. The van der Waals surface area contributed by atoms with Crippen molar-refractivity contribution in [3.8, 4) is 0 Å². The monoisotopic (exact) mass is 463 g/mol. The molecule has 2 N–H and O–H groups in total. The minimum atomic E-state index is -3.62. The van der Waals surface area contributed by atoms with Crippen molar-refractivity contribution in [2.45, 2.75) is 13.0 Å². The topological polar surface area (TPSA) is 88.2 Å². The van der Waals surface area contributed by atoms with Crippen LogP contribution in [0.1, 0.15) is 21.5 Å². The zero-order valence-electron chi connectivity index (χ0n) is 15.8. The minimum absolute atomic E-state index is 0.177. The zero-order chi connectivity index (χ0) is 21.6. The van der Waals surface area contributed by atoms with E-state index in [4.69, 9.17) is 23.2 Å². The van der Waals surface area contributed by atoms with Gasteiger partial charge in [-0.25, -0.2) is 8.42 Å². The molecule has 0 atom stereocenters. The fourth-order valence-electron chi connectivity index (χ4n) is 2.71. The smallest absolute Gasteiger partial charge is 0.251 e. The van der Waals surface area contributed by atoms with Gasteiger partial charge < -0.3 is 5.32 Å². The SMILES string of the molecule is O=C(NCc1cccnc1)c1ccc(NS(=O)(=O)CCc2c(Cl)cccc2Cl)cc1. The van der Waals surface area contributed by atoms with Crippen LogP contribution in [0.2, 0.25) is 10.0 Å². The first-order valence-electron chi connectivity index (χ1n) is 9.04. The number of nitrogens with zero attached hydrogens (tertiary/aromatic N) is 1. The van der Waals surface area contributed by atoms with Gasteiger partial charge in [0.25, 0.3) is 5.91 Å². The van der Waals surface area contributed by atoms with E-state index in [1.807, 2.05) is 6.07 Å². The Kier molecular flexibility index (Phi) is 7.31. The molecular weight excluding hydrogens is 445 g/mol. The first-order chi connectivity index (χ1) is 14.3. The largest absolute Gasteiger partial charge is 0.348 e. The van der Waals surface area contributed by atoms with E-state index >= 15 is 0 Å². The molecule has 0 radical (unpaired) electrons. The standard InChI is InChI=1S/C21H19Cl2N3O3S/c22-19-4-1-5-20(23)18(19)10-12-30(28,29)26-17-8-6-16(7-9-17)21(27)25-14-15-3-2-11-24-13-15/h1-9,11,13,26H,10,12,14H2,(H,25,27). The molecule has 0 saturated heterocycles. The number of pyridine rings is 1. The molecular formula is C21H19Cl2N3O3S. The fourth-order valence-corrected chi connectivity index (χ4v) is 4.37. The van der Waals surface area contributed by atoms with E-state index in [1.54, 1.807) is 60.9 Å². The number of hydrogen-bond acceptors (Lipinski definition) is 4. The molecule has 6 nitrogen and oxygen atoms in total. The lowest BCUT2D eigenvalue weighted by atomic mass is 10.2. The highest BCUT2D eigenvalue weighted by molar-refractivity contribution is 7.92. The Bertz CT molecular complexity index is 1100. The highest BCUT2D eigenvalue weighted by Gasteiger charge is 2.14. The maximum absolute atomic E-state index is 12.4. The molecule has 1 amide bonds. The summed E-state index contributed by atoms with van der Waals surface area (Å²) in [5.74, 6) is -0.439. The van der Waals surface area contributed by atoms with E-state index in [0.717, 1.165) is 5.56 Å². The lowest BCUT2D eigenvalue weighted by Crippen LogP contribution is -2.23. The summed E-state index contributed by atoms with van der Waals surface area (Å²) in [6.07, 6.45) is 3.52. The second kappa shape index (κ2) is 9.93. The lowest BCUT2D eigenvalue weighted by molar-refractivity contribution is 0.0951. The number of halogens is 2. The van der Waals surface area contributed by atoms with Crippen molar-refractivity contribution in [2.24, 2.45) is 0 Å². The van der Waals surface area contributed by atoms with E-state index in [9.17, 15) is 13.2 Å². The van der Waals surface area contributed by atoms with Gasteiger partial charge in [0.2, 0.25) is 10.0 Å². The summed E-state index contributed by atoms with van der Waals surface area (Å²) in [5, 5.41) is 3.65.